The molecular formula is C21H37N7O. The minimum atomic E-state index is 0.126. The smallest absolute Gasteiger partial charge is 0.234 e. The molecule has 3 N–H and O–H groups in total. The average Bonchev–Trinajstić information content (AvgIpc) is 2.72. The number of aliphatic imine (C=N–C) groups is 1. The van der Waals surface area contributed by atoms with Gasteiger partial charge in [-0.3, -0.25) is 9.69 Å². The second-order valence-corrected chi connectivity index (χ2v) is 7.62. The van der Waals surface area contributed by atoms with Crippen LogP contribution in [0.4, 0.5) is 5.82 Å². The van der Waals surface area contributed by atoms with Crippen molar-refractivity contribution in [1.82, 2.24) is 25.8 Å². The van der Waals surface area contributed by atoms with E-state index in [1.54, 1.807) is 0 Å². The number of amides is 1. The van der Waals surface area contributed by atoms with Crippen LogP contribution in [-0.4, -0.2) is 74.6 Å². The van der Waals surface area contributed by atoms with Crippen LogP contribution in [0.2, 0.25) is 0 Å². The Morgan fingerprint density at radius 3 is 2.66 bits per heavy atom. The lowest BCUT2D eigenvalue weighted by molar-refractivity contribution is -0.122. The molecule has 0 aliphatic carbocycles. The van der Waals surface area contributed by atoms with Crippen LogP contribution in [0.25, 0.3) is 0 Å². The van der Waals surface area contributed by atoms with Crippen LogP contribution >= 0.6 is 0 Å². The highest BCUT2D eigenvalue weighted by molar-refractivity contribution is 5.80. The molecule has 2 heterocycles. The third-order valence-corrected chi connectivity index (χ3v) is 4.86. The zero-order chi connectivity index (χ0) is 21.1. The first-order valence-corrected chi connectivity index (χ1v) is 10.7. The maximum absolute atomic E-state index is 11.9. The Hall–Kier alpha value is -2.35. The van der Waals surface area contributed by atoms with Crippen molar-refractivity contribution in [2.24, 2.45) is 4.99 Å². The van der Waals surface area contributed by atoms with Crippen molar-refractivity contribution in [2.45, 2.75) is 45.7 Å². The largest absolute Gasteiger partial charge is 0.363 e. The molecule has 0 aromatic carbocycles. The molecule has 29 heavy (non-hydrogen) atoms. The zero-order valence-electron chi connectivity index (χ0n) is 18.4. The number of carbonyl (C=O) groups excluding carboxylic acids is 1. The van der Waals surface area contributed by atoms with Crippen molar-refractivity contribution in [3.05, 3.63) is 23.9 Å². The monoisotopic (exact) mass is 403 g/mol. The molecule has 0 spiro atoms. The molecule has 1 saturated heterocycles. The second kappa shape index (κ2) is 12.3. The van der Waals surface area contributed by atoms with Gasteiger partial charge >= 0.3 is 0 Å². The van der Waals surface area contributed by atoms with Crippen LogP contribution in [0.5, 0.6) is 0 Å². The van der Waals surface area contributed by atoms with Gasteiger partial charge in [0.05, 0.1) is 18.8 Å². The van der Waals surface area contributed by atoms with Crippen LogP contribution in [-0.2, 0) is 11.3 Å². The van der Waals surface area contributed by atoms with Crippen LogP contribution in [0, 0.1) is 0 Å². The number of nitrogens with one attached hydrogen (secondary N) is 3. The third kappa shape index (κ3) is 8.27. The number of hydrogen-bond acceptors (Lipinski definition) is 5. The van der Waals surface area contributed by atoms with Crippen molar-refractivity contribution >= 4 is 17.7 Å². The Balaban J connectivity index is 1.84. The normalized spacial score (nSPS) is 15.8. The van der Waals surface area contributed by atoms with Gasteiger partial charge in [0.25, 0.3) is 0 Å². The van der Waals surface area contributed by atoms with Crippen LogP contribution < -0.4 is 20.9 Å². The first-order chi connectivity index (χ1) is 14.0. The number of hydrogen-bond donors (Lipinski definition) is 3. The van der Waals surface area contributed by atoms with Crippen LogP contribution in [0.1, 0.15) is 38.8 Å². The molecule has 1 aromatic heterocycles. The molecule has 8 heteroatoms. The van der Waals surface area contributed by atoms with Crippen molar-refractivity contribution in [3.8, 4) is 0 Å². The van der Waals surface area contributed by atoms with Crippen molar-refractivity contribution in [3.63, 3.8) is 0 Å². The van der Waals surface area contributed by atoms with E-state index in [9.17, 15) is 4.79 Å². The highest BCUT2D eigenvalue weighted by Crippen LogP contribution is 2.11. The van der Waals surface area contributed by atoms with Crippen LogP contribution in [0.3, 0.4) is 0 Å². The predicted octanol–water partition coefficient (Wildman–Crippen LogP) is 1.19. The fourth-order valence-electron chi connectivity index (χ4n) is 3.24. The molecule has 0 bridgehead atoms. The van der Waals surface area contributed by atoms with Gasteiger partial charge in [-0.1, -0.05) is 13.0 Å². The van der Waals surface area contributed by atoms with E-state index in [1.807, 2.05) is 37.2 Å². The molecule has 162 valence electrons. The van der Waals surface area contributed by atoms with Crippen molar-refractivity contribution < 1.29 is 4.79 Å². The van der Waals surface area contributed by atoms with Crippen LogP contribution in [0.15, 0.2) is 23.2 Å². The van der Waals surface area contributed by atoms with E-state index in [-0.39, 0.29) is 5.91 Å². The van der Waals surface area contributed by atoms with E-state index in [4.69, 9.17) is 4.99 Å². The van der Waals surface area contributed by atoms with Crippen molar-refractivity contribution in [1.29, 1.82) is 0 Å². The molecule has 0 saturated carbocycles. The highest BCUT2D eigenvalue weighted by Gasteiger charge is 2.21. The van der Waals surface area contributed by atoms with E-state index in [0.29, 0.717) is 19.1 Å². The van der Waals surface area contributed by atoms with Gasteiger partial charge < -0.3 is 20.9 Å². The number of aromatic nitrogens is 1. The summed E-state index contributed by atoms with van der Waals surface area (Å²) in [6.45, 7) is 8.57. The Kier molecular flexibility index (Phi) is 9.70. The van der Waals surface area contributed by atoms with Crippen molar-refractivity contribution in [2.75, 3.05) is 51.7 Å². The number of nitrogens with zero attached hydrogens (tertiary/aromatic N) is 4. The molecule has 1 fully saturated rings. The number of pyridine rings is 1. The van der Waals surface area contributed by atoms with Gasteiger partial charge in [-0.2, -0.15) is 0 Å². The maximum atomic E-state index is 11.9. The highest BCUT2D eigenvalue weighted by atomic mass is 16.2. The molecule has 0 radical (unpaired) electrons. The molecule has 2 rings (SSSR count). The number of carbonyl (C=O) groups is 1. The van der Waals surface area contributed by atoms with E-state index < -0.39 is 0 Å². The summed E-state index contributed by atoms with van der Waals surface area (Å²) in [4.78, 5) is 25.5. The molecular weight excluding hydrogens is 366 g/mol. The lowest BCUT2D eigenvalue weighted by atomic mass is 10.1. The summed E-state index contributed by atoms with van der Waals surface area (Å²) in [5.74, 6) is 1.88. The van der Waals surface area contributed by atoms with E-state index in [0.717, 1.165) is 62.9 Å². The first-order valence-electron chi connectivity index (χ1n) is 10.7. The number of likely N-dealkylation sites (tertiary alicyclic amines) is 1. The molecule has 1 aromatic rings. The Morgan fingerprint density at radius 1 is 1.24 bits per heavy atom. The first kappa shape index (κ1) is 22.9. The lowest BCUT2D eigenvalue weighted by Crippen LogP contribution is -2.50. The van der Waals surface area contributed by atoms with Gasteiger partial charge in [-0.05, 0) is 38.3 Å². The average molecular weight is 404 g/mol. The minimum Gasteiger partial charge on any atom is -0.363 e. The molecule has 0 atom stereocenters. The van der Waals surface area contributed by atoms with E-state index in [1.165, 1.54) is 0 Å². The molecule has 8 nitrogen and oxygen atoms in total. The summed E-state index contributed by atoms with van der Waals surface area (Å²) >= 11 is 0. The quantitative estimate of drug-likeness (QED) is 0.424. The third-order valence-electron chi connectivity index (χ3n) is 4.86. The summed E-state index contributed by atoms with van der Waals surface area (Å²) < 4.78 is 0. The van der Waals surface area contributed by atoms with E-state index in [2.05, 4.69) is 39.7 Å². The summed E-state index contributed by atoms with van der Waals surface area (Å²) in [5.41, 5.74) is 0.946. The number of anilines is 1. The van der Waals surface area contributed by atoms with Gasteiger partial charge in [0.1, 0.15) is 5.82 Å². The summed E-state index contributed by atoms with van der Waals surface area (Å²) in [6, 6.07) is 6.37. The number of piperidine rings is 1. The zero-order valence-corrected chi connectivity index (χ0v) is 18.4. The number of rotatable bonds is 9. The molecule has 0 unspecified atom stereocenters. The van der Waals surface area contributed by atoms with Gasteiger partial charge in [0, 0.05) is 46.3 Å². The van der Waals surface area contributed by atoms with E-state index >= 15 is 0 Å². The Labute approximate surface area is 175 Å². The summed E-state index contributed by atoms with van der Waals surface area (Å²) in [7, 11) is 3.97. The topological polar surface area (TPSA) is 84.9 Å². The second-order valence-electron chi connectivity index (χ2n) is 7.62. The van der Waals surface area contributed by atoms with Gasteiger partial charge in [0.2, 0.25) is 5.91 Å². The summed E-state index contributed by atoms with van der Waals surface area (Å²) in [6.07, 6.45) is 2.97. The summed E-state index contributed by atoms with van der Waals surface area (Å²) in [5, 5.41) is 9.82. The fourth-order valence-corrected chi connectivity index (χ4v) is 3.24. The van der Waals surface area contributed by atoms with Gasteiger partial charge in [0.15, 0.2) is 5.96 Å². The van der Waals surface area contributed by atoms with Gasteiger partial charge in [-0.15, -0.1) is 0 Å². The molecule has 1 aliphatic rings. The Morgan fingerprint density at radius 2 is 2.00 bits per heavy atom. The molecule has 1 amide bonds. The number of guanidine groups is 1. The predicted molar refractivity (Wildman–Crippen MR) is 119 cm³/mol. The van der Waals surface area contributed by atoms with Gasteiger partial charge in [-0.25, -0.2) is 9.98 Å². The molecule has 1 aliphatic heterocycles. The fraction of sp³-hybridized carbons (Fsp3) is 0.667. The minimum absolute atomic E-state index is 0.126. The lowest BCUT2D eigenvalue weighted by Gasteiger charge is -2.32. The standard InChI is InChI=1S/C21H37N7O/c1-5-12-23-20(29)16-28-13-10-17(11-14-28)26-21(22-6-2)24-15-18-8-7-9-19(25-18)27(3)4/h7-9,17H,5-6,10-16H2,1-4H3,(H,23,29)(H2,22,24,26). The SMILES string of the molecule is CCCNC(=O)CN1CCC(NC(=NCc2cccc(N(C)C)n2)NCC)CC1. The maximum Gasteiger partial charge on any atom is 0.234 e. The Bertz CT molecular complexity index is 654.